The number of pyridine rings is 2. The Morgan fingerprint density at radius 1 is 0.580 bits per heavy atom. The molecule has 1 unspecified atom stereocenters. The molecule has 5 nitrogen and oxygen atoms in total. The predicted molar refractivity (Wildman–Crippen MR) is 209 cm³/mol. The maximum atomic E-state index is 5.25. The fourth-order valence-corrected chi connectivity index (χ4v) is 9.55. The second-order valence-electron chi connectivity index (χ2n) is 16.1. The van der Waals surface area contributed by atoms with E-state index in [1.54, 1.807) is 12.4 Å². The number of amidine groups is 2. The molecule has 0 saturated heterocycles. The van der Waals surface area contributed by atoms with E-state index in [1.807, 2.05) is 36.7 Å². The predicted octanol–water partition coefficient (Wildman–Crippen LogP) is 9.28. The highest BCUT2D eigenvalue weighted by molar-refractivity contribution is 6.88. The van der Waals surface area contributed by atoms with Crippen LogP contribution in [0.25, 0.3) is 33.0 Å². The number of benzene rings is 4. The number of aromatic nitrogens is 2. The van der Waals surface area contributed by atoms with Gasteiger partial charge in [-0.25, -0.2) is 9.98 Å². The lowest BCUT2D eigenvalue weighted by Crippen LogP contribution is -2.38. The van der Waals surface area contributed by atoms with Crippen molar-refractivity contribution in [3.63, 3.8) is 0 Å². The van der Waals surface area contributed by atoms with Crippen LogP contribution in [0.2, 0.25) is 19.6 Å². The Hall–Kier alpha value is -5.20. The van der Waals surface area contributed by atoms with Gasteiger partial charge in [-0.15, -0.1) is 0 Å². The summed E-state index contributed by atoms with van der Waals surface area (Å²) < 4.78 is 0. The molecule has 50 heavy (non-hydrogen) atoms. The van der Waals surface area contributed by atoms with Gasteiger partial charge in [-0.2, -0.15) is 0 Å². The third-order valence-corrected chi connectivity index (χ3v) is 13.3. The molecule has 2 aromatic heterocycles. The summed E-state index contributed by atoms with van der Waals surface area (Å²) in [6.07, 6.45) is 6.84. The number of hydrogen-bond acceptors (Lipinski definition) is 5. The number of rotatable bonds is 4. The smallest absolute Gasteiger partial charge is 0.171 e. The average Bonchev–Trinajstić information content (AvgIpc) is 3.49. The molecule has 3 heterocycles. The summed E-state index contributed by atoms with van der Waals surface area (Å²) in [5.74, 6) is 1.55. The van der Waals surface area contributed by atoms with E-state index < -0.39 is 14.2 Å². The van der Waals surface area contributed by atoms with Crippen molar-refractivity contribution < 1.29 is 0 Å². The van der Waals surface area contributed by atoms with Crippen molar-refractivity contribution in [2.45, 2.75) is 64.3 Å². The zero-order valence-corrected chi connectivity index (χ0v) is 30.8. The highest BCUT2D eigenvalue weighted by Gasteiger charge is 2.43. The SMILES string of the molecule is CC1(C)c2cc([Si](C)(C)C)ccc2-c2cc3c(cc21)-c1c(cc(C2=NC(c4cccnc4)N=C(c4cccnc4)N2)c2ccccc12)C3(C)C. The lowest BCUT2D eigenvalue weighted by atomic mass is 9.79. The molecule has 1 atom stereocenters. The van der Waals surface area contributed by atoms with Crippen LogP contribution in [0.3, 0.4) is 0 Å². The van der Waals surface area contributed by atoms with Crippen LogP contribution in [0.5, 0.6) is 0 Å². The summed E-state index contributed by atoms with van der Waals surface area (Å²) in [5.41, 5.74) is 13.7. The van der Waals surface area contributed by atoms with Gasteiger partial charge in [0, 0.05) is 52.3 Å². The molecule has 4 aromatic carbocycles. The molecule has 2 aliphatic carbocycles. The molecule has 0 radical (unpaired) electrons. The van der Waals surface area contributed by atoms with Crippen LogP contribution in [-0.2, 0) is 10.8 Å². The van der Waals surface area contributed by atoms with E-state index in [4.69, 9.17) is 9.98 Å². The maximum Gasteiger partial charge on any atom is 0.171 e. The molecule has 3 aliphatic rings. The first-order valence-corrected chi connectivity index (χ1v) is 21.1. The molecule has 6 aromatic rings. The first-order valence-electron chi connectivity index (χ1n) is 17.6. The third-order valence-electron chi connectivity index (χ3n) is 11.3. The van der Waals surface area contributed by atoms with Gasteiger partial charge in [0.15, 0.2) is 6.17 Å². The Morgan fingerprint density at radius 2 is 1.22 bits per heavy atom. The van der Waals surface area contributed by atoms with Crippen LogP contribution >= 0.6 is 0 Å². The minimum absolute atomic E-state index is 0.0813. The molecule has 0 fully saturated rings. The Morgan fingerprint density at radius 3 is 1.94 bits per heavy atom. The van der Waals surface area contributed by atoms with E-state index in [0.717, 1.165) is 28.4 Å². The number of nitrogens with zero attached hydrogens (tertiary/aromatic N) is 4. The second-order valence-corrected chi connectivity index (χ2v) is 21.2. The van der Waals surface area contributed by atoms with Crippen LogP contribution in [-0.4, -0.2) is 29.7 Å². The molecule has 9 rings (SSSR count). The minimum Gasteiger partial charge on any atom is -0.324 e. The van der Waals surface area contributed by atoms with E-state index >= 15 is 0 Å². The van der Waals surface area contributed by atoms with Gasteiger partial charge < -0.3 is 5.32 Å². The number of aliphatic imine (C=N–C) groups is 2. The molecule has 0 saturated carbocycles. The first-order chi connectivity index (χ1) is 23.9. The molecule has 0 bridgehead atoms. The summed E-state index contributed by atoms with van der Waals surface area (Å²) in [6, 6.07) is 31.5. The number of hydrogen-bond donors (Lipinski definition) is 1. The standard InChI is InChI=1S/C44H41N5Si/c1-43(2)35-20-28(50(5,6)7)16-17-30(35)32-21-37-34(23-36(32)43)39-31-15-9-8-14-29(31)33(22-38(39)44(37,3)4)42-48-40(26-12-10-18-45-24-26)47-41(49-42)27-13-11-19-46-25-27/h8-25,40H,1-7H3,(H,47,48,49). The summed E-state index contributed by atoms with van der Waals surface area (Å²) in [5, 5.41) is 7.57. The summed E-state index contributed by atoms with van der Waals surface area (Å²) in [6.45, 7) is 16.9. The highest BCUT2D eigenvalue weighted by Crippen LogP contribution is 2.57. The quantitative estimate of drug-likeness (QED) is 0.191. The van der Waals surface area contributed by atoms with Crippen molar-refractivity contribution in [2.24, 2.45) is 9.98 Å². The van der Waals surface area contributed by atoms with Crippen molar-refractivity contribution in [1.82, 2.24) is 15.3 Å². The summed E-state index contributed by atoms with van der Waals surface area (Å²) in [4.78, 5) is 19.1. The Bertz CT molecular complexity index is 2440. The van der Waals surface area contributed by atoms with Crippen molar-refractivity contribution in [2.75, 3.05) is 0 Å². The molecule has 0 spiro atoms. The molecular formula is C44H41N5Si. The minimum atomic E-state index is -1.46. The summed E-state index contributed by atoms with van der Waals surface area (Å²) in [7, 11) is -1.46. The monoisotopic (exact) mass is 667 g/mol. The van der Waals surface area contributed by atoms with E-state index in [9.17, 15) is 0 Å². The Balaban J connectivity index is 1.24. The normalized spacial score (nSPS) is 18.0. The van der Waals surface area contributed by atoms with Gasteiger partial charge in [-0.05, 0) is 91.7 Å². The molecule has 246 valence electrons. The van der Waals surface area contributed by atoms with E-state index in [1.165, 1.54) is 60.5 Å². The molecule has 1 N–H and O–H groups in total. The fraction of sp³-hybridized carbons (Fsp3) is 0.227. The van der Waals surface area contributed by atoms with Gasteiger partial charge in [0.05, 0.1) is 8.07 Å². The van der Waals surface area contributed by atoms with Crippen molar-refractivity contribution in [3.05, 3.63) is 149 Å². The second kappa shape index (κ2) is 10.6. The lowest BCUT2D eigenvalue weighted by molar-refractivity contribution is 0.652. The molecule has 0 amide bonds. The Labute approximate surface area is 295 Å². The van der Waals surface area contributed by atoms with Crippen molar-refractivity contribution in [3.8, 4) is 22.3 Å². The van der Waals surface area contributed by atoms with E-state index in [-0.39, 0.29) is 10.8 Å². The molecule has 1 aliphatic heterocycles. The maximum absolute atomic E-state index is 5.25. The lowest BCUT2D eigenvalue weighted by Gasteiger charge is -2.26. The molecule has 6 heteroatoms. The largest absolute Gasteiger partial charge is 0.324 e. The van der Waals surface area contributed by atoms with Gasteiger partial charge in [0.1, 0.15) is 11.7 Å². The van der Waals surface area contributed by atoms with Crippen molar-refractivity contribution >= 4 is 35.7 Å². The third kappa shape index (κ3) is 4.51. The molecular weight excluding hydrogens is 627 g/mol. The zero-order chi connectivity index (χ0) is 34.6. The van der Waals surface area contributed by atoms with Gasteiger partial charge in [0.25, 0.3) is 0 Å². The van der Waals surface area contributed by atoms with Gasteiger partial charge in [-0.1, -0.05) is 101 Å². The van der Waals surface area contributed by atoms with Crippen molar-refractivity contribution in [1.29, 1.82) is 0 Å². The fourth-order valence-electron chi connectivity index (χ4n) is 8.39. The van der Waals surface area contributed by atoms with Gasteiger partial charge >= 0.3 is 0 Å². The van der Waals surface area contributed by atoms with E-state index in [0.29, 0.717) is 0 Å². The topological polar surface area (TPSA) is 62.5 Å². The first kappa shape index (κ1) is 30.8. The van der Waals surface area contributed by atoms with Crippen LogP contribution < -0.4 is 10.5 Å². The zero-order valence-electron chi connectivity index (χ0n) is 29.8. The van der Waals surface area contributed by atoms with Crippen LogP contribution in [0, 0.1) is 0 Å². The van der Waals surface area contributed by atoms with Gasteiger partial charge in [0.2, 0.25) is 0 Å². The van der Waals surface area contributed by atoms with E-state index in [2.05, 4.69) is 123 Å². The Kier molecular flexibility index (Phi) is 6.56. The summed E-state index contributed by atoms with van der Waals surface area (Å²) >= 11 is 0. The number of nitrogens with one attached hydrogen (secondary N) is 1. The van der Waals surface area contributed by atoms with Crippen LogP contribution in [0.15, 0.2) is 120 Å². The van der Waals surface area contributed by atoms with Crippen LogP contribution in [0.4, 0.5) is 0 Å². The van der Waals surface area contributed by atoms with Gasteiger partial charge in [-0.3, -0.25) is 9.97 Å². The van der Waals surface area contributed by atoms with Crippen LogP contribution in [0.1, 0.15) is 72.8 Å². The average molecular weight is 668 g/mol. The number of fused-ring (bicyclic) bond motifs is 8. The highest BCUT2D eigenvalue weighted by atomic mass is 28.3.